The summed E-state index contributed by atoms with van der Waals surface area (Å²) in [6.07, 6.45) is 2.43. The Kier molecular flexibility index (Phi) is 6.80. The number of aliphatic imine (C=N–C) groups is 1. The molecule has 0 unspecified atom stereocenters. The van der Waals surface area contributed by atoms with Crippen molar-refractivity contribution in [2.45, 2.75) is 16.7 Å². The van der Waals surface area contributed by atoms with Gasteiger partial charge in [-0.15, -0.1) is 0 Å². The third kappa shape index (κ3) is 5.64. The molecule has 0 saturated carbocycles. The molecule has 2 rings (SSSR count). The van der Waals surface area contributed by atoms with E-state index in [4.69, 9.17) is 0 Å². The average Bonchev–Trinajstić information content (AvgIpc) is 2.60. The molecule has 0 atom stereocenters. The maximum Gasteiger partial charge on any atom is 0.297 e. The van der Waals surface area contributed by atoms with Gasteiger partial charge < -0.3 is 5.32 Å². The molecular weight excluding hydrogens is 440 g/mol. The van der Waals surface area contributed by atoms with Crippen LogP contribution in [0, 0.1) is 0 Å². The third-order valence-corrected chi connectivity index (χ3v) is 5.49. The summed E-state index contributed by atoms with van der Waals surface area (Å²) in [5.74, 6) is -0.516. The van der Waals surface area contributed by atoms with E-state index in [-0.39, 0.29) is 22.5 Å². The van der Waals surface area contributed by atoms with Gasteiger partial charge in [0.15, 0.2) is 0 Å². The first-order valence-corrected chi connectivity index (χ1v) is 11.0. The predicted octanol–water partition coefficient (Wildman–Crippen LogP) is 3.04. The lowest BCUT2D eigenvalue weighted by Crippen LogP contribution is -2.09. The van der Waals surface area contributed by atoms with Crippen molar-refractivity contribution < 1.29 is 30.7 Å². The Morgan fingerprint density at radius 3 is 2.21 bits per heavy atom. The fraction of sp³-hybridized carbons (Fsp3) is 0.0588. The van der Waals surface area contributed by atoms with Crippen molar-refractivity contribution in [2.75, 3.05) is 5.32 Å². The molecule has 0 saturated heterocycles. The topological polar surface area (TPSA) is 150 Å². The van der Waals surface area contributed by atoms with Crippen LogP contribution in [-0.4, -0.2) is 37.0 Å². The number of rotatable bonds is 6. The molecule has 0 radical (unpaired) electrons. The van der Waals surface area contributed by atoms with E-state index in [9.17, 15) is 30.7 Å². The van der Waals surface area contributed by atoms with Crippen LogP contribution in [0.5, 0.6) is 0 Å². The van der Waals surface area contributed by atoms with Gasteiger partial charge >= 0.3 is 0 Å². The summed E-state index contributed by atoms with van der Waals surface area (Å²) in [6, 6.07) is 8.06. The first-order valence-electron chi connectivity index (χ1n) is 7.69. The van der Waals surface area contributed by atoms with Crippen LogP contribution in [0.2, 0.25) is 0 Å². The number of carbonyl (C=O) groups excluding carboxylic acids is 1. The Hall–Kier alpha value is -2.73. The van der Waals surface area contributed by atoms with E-state index in [1.165, 1.54) is 55.5 Å². The van der Waals surface area contributed by atoms with Crippen LogP contribution >= 0.6 is 12.2 Å². The predicted molar refractivity (Wildman–Crippen MR) is 110 cm³/mol. The van der Waals surface area contributed by atoms with Gasteiger partial charge in [-0.25, -0.2) is 0 Å². The van der Waals surface area contributed by atoms with Gasteiger partial charge in [-0.2, -0.15) is 21.8 Å². The molecule has 0 aliphatic carbocycles. The number of anilines is 1. The molecule has 0 heterocycles. The first kappa shape index (κ1) is 22.6. The normalized spacial score (nSPS) is 11.8. The van der Waals surface area contributed by atoms with Crippen molar-refractivity contribution in [2.24, 2.45) is 4.99 Å². The second-order valence-corrected chi connectivity index (χ2v) is 8.52. The van der Waals surface area contributed by atoms with Crippen molar-refractivity contribution in [3.05, 3.63) is 47.5 Å². The highest BCUT2D eigenvalue weighted by molar-refractivity contribution is 7.86. The highest BCUT2D eigenvalue weighted by Gasteiger charge is 2.23. The van der Waals surface area contributed by atoms with Gasteiger partial charge in [-0.05, 0) is 35.5 Å². The van der Waals surface area contributed by atoms with Gasteiger partial charge in [0.05, 0.1) is 10.8 Å². The Bertz CT molecular complexity index is 1260. The summed E-state index contributed by atoms with van der Waals surface area (Å²) in [5, 5.41) is 4.35. The maximum absolute atomic E-state index is 12.0. The van der Waals surface area contributed by atoms with Gasteiger partial charge in [-0.1, -0.05) is 36.4 Å². The number of carbonyl (C=O) groups is 1. The Morgan fingerprint density at radius 1 is 1.03 bits per heavy atom. The second-order valence-electron chi connectivity index (χ2n) is 5.59. The molecule has 3 N–H and O–H groups in total. The van der Waals surface area contributed by atoms with Crippen molar-refractivity contribution in [1.29, 1.82) is 0 Å². The van der Waals surface area contributed by atoms with Crippen molar-refractivity contribution >= 4 is 67.0 Å². The maximum atomic E-state index is 12.0. The van der Waals surface area contributed by atoms with Gasteiger partial charge in [0.1, 0.15) is 15.5 Å². The van der Waals surface area contributed by atoms with Gasteiger partial charge in [0, 0.05) is 6.92 Å². The van der Waals surface area contributed by atoms with Crippen LogP contribution < -0.4 is 5.32 Å². The first-order chi connectivity index (χ1) is 13.4. The molecule has 0 aliphatic heterocycles. The zero-order valence-electron chi connectivity index (χ0n) is 14.7. The fourth-order valence-corrected chi connectivity index (χ4v) is 4.08. The van der Waals surface area contributed by atoms with E-state index in [0.29, 0.717) is 0 Å². The number of hydrogen-bond donors (Lipinski definition) is 3. The van der Waals surface area contributed by atoms with E-state index in [1.807, 2.05) is 5.16 Å². The van der Waals surface area contributed by atoms with Gasteiger partial charge in [0.2, 0.25) is 5.91 Å². The molecule has 2 aromatic rings. The smallest absolute Gasteiger partial charge is 0.297 e. The van der Waals surface area contributed by atoms with Crippen LogP contribution in [-0.2, 0) is 25.0 Å². The Morgan fingerprint density at radius 2 is 1.66 bits per heavy atom. The second kappa shape index (κ2) is 8.74. The molecule has 0 aromatic heterocycles. The SMILES string of the molecule is CC(=O)Nc1ccc(C=Cc2ccccc2S(=O)(=O)O)c(S(=O)(=O)O)c1N=C=S. The molecular formula is C17H14N2O7S3. The summed E-state index contributed by atoms with van der Waals surface area (Å²) in [7, 11) is -9.36. The minimum Gasteiger partial charge on any atom is -0.324 e. The highest BCUT2D eigenvalue weighted by Crippen LogP contribution is 2.36. The van der Waals surface area contributed by atoms with Gasteiger partial charge in [-0.3, -0.25) is 13.9 Å². The number of isothiocyanates is 1. The zero-order valence-corrected chi connectivity index (χ0v) is 17.2. The lowest BCUT2D eigenvalue weighted by molar-refractivity contribution is -0.114. The highest BCUT2D eigenvalue weighted by atomic mass is 32.2. The lowest BCUT2D eigenvalue weighted by atomic mass is 10.1. The number of hydrogen-bond acceptors (Lipinski definition) is 7. The van der Waals surface area contributed by atoms with Crippen molar-refractivity contribution in [1.82, 2.24) is 0 Å². The minimum atomic E-state index is -4.84. The van der Waals surface area contributed by atoms with Crippen LogP contribution in [0.4, 0.5) is 11.4 Å². The molecule has 0 aliphatic rings. The Balaban J connectivity index is 2.75. The van der Waals surface area contributed by atoms with E-state index in [1.54, 1.807) is 0 Å². The summed E-state index contributed by atoms with van der Waals surface area (Å²) in [4.78, 5) is 13.9. The van der Waals surface area contributed by atoms with Crippen LogP contribution in [0.3, 0.4) is 0 Å². The molecule has 12 heteroatoms. The molecule has 9 nitrogen and oxygen atoms in total. The van der Waals surface area contributed by atoms with Crippen molar-refractivity contribution in [3.8, 4) is 0 Å². The monoisotopic (exact) mass is 454 g/mol. The van der Waals surface area contributed by atoms with Crippen LogP contribution in [0.1, 0.15) is 18.1 Å². The molecule has 29 heavy (non-hydrogen) atoms. The number of thiocarbonyl (C=S) groups is 1. The minimum absolute atomic E-state index is 0.0297. The van der Waals surface area contributed by atoms with Crippen molar-refractivity contribution in [3.63, 3.8) is 0 Å². The number of nitrogens with one attached hydrogen (secondary N) is 1. The molecule has 0 fully saturated rings. The van der Waals surface area contributed by atoms with E-state index in [2.05, 4.69) is 22.5 Å². The fourth-order valence-electron chi connectivity index (χ4n) is 2.47. The lowest BCUT2D eigenvalue weighted by Gasteiger charge is -2.12. The van der Waals surface area contributed by atoms with Crippen LogP contribution in [0.25, 0.3) is 12.2 Å². The third-order valence-electron chi connectivity index (χ3n) is 3.53. The van der Waals surface area contributed by atoms with E-state index < -0.39 is 35.9 Å². The standard InChI is InChI=1S/C17H14N2O7S3/c1-11(20)19-14-9-8-13(17(29(24,25)26)16(14)18-10-27)7-6-12-4-2-3-5-15(12)28(21,22)23/h2-9H,1H3,(H,19,20)(H,21,22,23)(H,24,25,26). The molecule has 152 valence electrons. The van der Waals surface area contributed by atoms with E-state index in [0.717, 1.165) is 0 Å². The molecule has 2 aromatic carbocycles. The quantitative estimate of drug-likeness (QED) is 0.261. The van der Waals surface area contributed by atoms with Crippen LogP contribution in [0.15, 0.2) is 51.2 Å². The Labute approximate surface area is 172 Å². The zero-order chi connectivity index (χ0) is 21.8. The molecule has 0 bridgehead atoms. The summed E-state index contributed by atoms with van der Waals surface area (Å²) in [6.45, 7) is 1.19. The summed E-state index contributed by atoms with van der Waals surface area (Å²) >= 11 is 4.51. The largest absolute Gasteiger partial charge is 0.324 e. The summed E-state index contributed by atoms with van der Waals surface area (Å²) < 4.78 is 65.9. The average molecular weight is 455 g/mol. The van der Waals surface area contributed by atoms with E-state index >= 15 is 0 Å². The number of benzene rings is 2. The number of nitrogens with zero attached hydrogens (tertiary/aromatic N) is 1. The molecule has 0 spiro atoms. The molecule has 1 amide bonds. The van der Waals surface area contributed by atoms with Gasteiger partial charge in [0.25, 0.3) is 20.2 Å². The number of amides is 1. The summed E-state index contributed by atoms with van der Waals surface area (Å²) in [5.41, 5.74) is -0.376.